The van der Waals surface area contributed by atoms with Crippen molar-refractivity contribution in [1.82, 2.24) is 15.0 Å². The number of rotatable bonds is 2. The van der Waals surface area contributed by atoms with Crippen molar-refractivity contribution in [3.05, 3.63) is 53.2 Å². The fourth-order valence-corrected chi connectivity index (χ4v) is 2.41. The van der Waals surface area contributed by atoms with Gasteiger partial charge in [-0.3, -0.25) is 4.98 Å². The Bertz CT molecular complexity index is 787. The first-order valence-corrected chi connectivity index (χ1v) is 6.62. The number of H-pyrrole nitrogens is 1. The molecule has 0 unspecified atom stereocenters. The Hall–Kier alpha value is -2.07. The zero-order chi connectivity index (χ0) is 13.2. The van der Waals surface area contributed by atoms with Crippen molar-refractivity contribution < 1.29 is 0 Å². The third kappa shape index (κ3) is 2.27. The van der Waals surface area contributed by atoms with Gasteiger partial charge in [-0.2, -0.15) is 0 Å². The number of aryl methyl sites for hydroxylation is 1. The van der Waals surface area contributed by atoms with Crippen LogP contribution in [0.5, 0.6) is 0 Å². The van der Waals surface area contributed by atoms with Gasteiger partial charge in [-0.15, -0.1) is 0 Å². The largest absolute Gasteiger partial charge is 0.343 e. The highest BCUT2D eigenvalue weighted by molar-refractivity contribution is 7.71. The van der Waals surface area contributed by atoms with E-state index in [-0.39, 0.29) is 0 Å². The van der Waals surface area contributed by atoms with E-state index >= 15 is 0 Å². The summed E-state index contributed by atoms with van der Waals surface area (Å²) in [7, 11) is 0. The van der Waals surface area contributed by atoms with Gasteiger partial charge in [0.1, 0.15) is 10.5 Å². The van der Waals surface area contributed by atoms with Gasteiger partial charge in [-0.1, -0.05) is 37.3 Å². The number of aromatic nitrogens is 3. The van der Waals surface area contributed by atoms with Gasteiger partial charge in [0.2, 0.25) is 0 Å². The smallest absolute Gasteiger partial charge is 0.130 e. The van der Waals surface area contributed by atoms with E-state index in [9.17, 15) is 0 Å². The molecule has 19 heavy (non-hydrogen) atoms. The first-order chi connectivity index (χ1) is 9.28. The maximum atomic E-state index is 5.23. The monoisotopic (exact) mass is 267 g/mol. The summed E-state index contributed by atoms with van der Waals surface area (Å²) in [5.74, 6) is 0.911. The highest BCUT2D eigenvalue weighted by Gasteiger charge is 2.05. The fourth-order valence-electron chi connectivity index (χ4n) is 2.18. The molecule has 0 atom stereocenters. The Balaban J connectivity index is 2.30. The van der Waals surface area contributed by atoms with E-state index in [1.807, 2.05) is 30.6 Å². The minimum Gasteiger partial charge on any atom is -0.343 e. The van der Waals surface area contributed by atoms with Crippen LogP contribution in [0.3, 0.4) is 0 Å². The van der Waals surface area contributed by atoms with Crippen molar-refractivity contribution in [2.24, 2.45) is 0 Å². The first-order valence-electron chi connectivity index (χ1n) is 6.21. The number of hydrogen-bond acceptors (Lipinski definition) is 3. The van der Waals surface area contributed by atoms with Gasteiger partial charge < -0.3 is 4.98 Å². The van der Waals surface area contributed by atoms with Crippen LogP contribution in [0.1, 0.15) is 12.7 Å². The molecule has 0 aliphatic rings. The second-order valence-electron chi connectivity index (χ2n) is 4.34. The Labute approximate surface area is 116 Å². The van der Waals surface area contributed by atoms with Crippen molar-refractivity contribution in [1.29, 1.82) is 0 Å². The maximum Gasteiger partial charge on any atom is 0.130 e. The lowest BCUT2D eigenvalue weighted by Crippen LogP contribution is -1.95. The zero-order valence-corrected chi connectivity index (χ0v) is 11.4. The molecule has 3 nitrogen and oxygen atoms in total. The SMILES string of the molecule is CCc1nc(=S)cc(-c2cccc3cnccc23)[nH]1. The molecule has 1 N–H and O–H groups in total. The lowest BCUT2D eigenvalue weighted by molar-refractivity contribution is 0.937. The van der Waals surface area contributed by atoms with Crippen LogP contribution in [0.2, 0.25) is 0 Å². The molecule has 1 aromatic carbocycles. The molecule has 2 aromatic heterocycles. The number of aromatic amines is 1. The Morgan fingerprint density at radius 2 is 2.16 bits per heavy atom. The molecule has 0 saturated heterocycles. The second kappa shape index (κ2) is 4.90. The lowest BCUT2D eigenvalue weighted by atomic mass is 10.0. The molecule has 0 aliphatic heterocycles. The summed E-state index contributed by atoms with van der Waals surface area (Å²) in [6.45, 7) is 2.06. The summed E-state index contributed by atoms with van der Waals surface area (Å²) < 4.78 is 0.622. The number of fused-ring (bicyclic) bond motifs is 1. The molecule has 0 amide bonds. The van der Waals surface area contributed by atoms with Gasteiger partial charge in [0.25, 0.3) is 0 Å². The second-order valence-corrected chi connectivity index (χ2v) is 4.75. The van der Waals surface area contributed by atoms with Crippen LogP contribution < -0.4 is 0 Å². The van der Waals surface area contributed by atoms with Crippen LogP contribution in [-0.2, 0) is 6.42 Å². The zero-order valence-electron chi connectivity index (χ0n) is 10.6. The van der Waals surface area contributed by atoms with Crippen molar-refractivity contribution in [2.75, 3.05) is 0 Å². The van der Waals surface area contributed by atoms with E-state index in [0.717, 1.165) is 34.3 Å². The fraction of sp³-hybridized carbons (Fsp3) is 0.133. The normalized spacial score (nSPS) is 10.8. The van der Waals surface area contributed by atoms with Gasteiger partial charge in [-0.05, 0) is 17.5 Å². The molecule has 94 valence electrons. The summed E-state index contributed by atoms with van der Waals surface area (Å²) >= 11 is 5.23. The number of nitrogens with zero attached hydrogens (tertiary/aromatic N) is 2. The van der Waals surface area contributed by atoms with Crippen LogP contribution in [0.25, 0.3) is 22.0 Å². The highest BCUT2D eigenvalue weighted by Crippen LogP contribution is 2.26. The Morgan fingerprint density at radius 3 is 3.00 bits per heavy atom. The standard InChI is InChI=1S/C15H13N3S/c1-2-14-17-13(8-15(19)18-14)12-5-3-4-10-9-16-7-6-11(10)12/h3-9H,2H2,1H3,(H,17,18,19). The number of nitrogens with one attached hydrogen (secondary N) is 1. The molecule has 2 heterocycles. The molecular formula is C15H13N3S. The quantitative estimate of drug-likeness (QED) is 0.716. The first kappa shape index (κ1) is 12.0. The van der Waals surface area contributed by atoms with Gasteiger partial charge >= 0.3 is 0 Å². The van der Waals surface area contributed by atoms with Crippen molar-refractivity contribution in [3.63, 3.8) is 0 Å². The lowest BCUT2D eigenvalue weighted by Gasteiger charge is -2.08. The third-order valence-electron chi connectivity index (χ3n) is 3.10. The van der Waals surface area contributed by atoms with E-state index in [1.165, 1.54) is 0 Å². The maximum absolute atomic E-state index is 5.23. The van der Waals surface area contributed by atoms with Crippen LogP contribution >= 0.6 is 12.2 Å². The molecule has 3 rings (SSSR count). The van der Waals surface area contributed by atoms with Gasteiger partial charge in [-0.25, -0.2) is 4.98 Å². The van der Waals surface area contributed by atoms with E-state index in [4.69, 9.17) is 12.2 Å². The summed E-state index contributed by atoms with van der Waals surface area (Å²) in [6.07, 6.45) is 4.52. The van der Waals surface area contributed by atoms with Crippen molar-refractivity contribution >= 4 is 23.0 Å². The van der Waals surface area contributed by atoms with Crippen molar-refractivity contribution in [2.45, 2.75) is 13.3 Å². The average molecular weight is 267 g/mol. The highest BCUT2D eigenvalue weighted by atomic mass is 32.1. The number of benzene rings is 1. The molecule has 4 heteroatoms. The van der Waals surface area contributed by atoms with E-state index in [0.29, 0.717) is 4.64 Å². The summed E-state index contributed by atoms with van der Waals surface area (Å²) in [4.78, 5) is 11.8. The molecule has 0 fully saturated rings. The minimum absolute atomic E-state index is 0.622. The topological polar surface area (TPSA) is 41.6 Å². The van der Waals surface area contributed by atoms with Gasteiger partial charge in [0, 0.05) is 29.8 Å². The van der Waals surface area contributed by atoms with Crippen LogP contribution in [0, 0.1) is 4.64 Å². The molecule has 0 spiro atoms. The Morgan fingerprint density at radius 1 is 1.26 bits per heavy atom. The summed E-state index contributed by atoms with van der Waals surface area (Å²) in [5, 5.41) is 2.28. The minimum atomic E-state index is 0.622. The summed E-state index contributed by atoms with van der Waals surface area (Å²) in [6, 6.07) is 10.1. The van der Waals surface area contributed by atoms with Crippen molar-refractivity contribution in [3.8, 4) is 11.3 Å². The molecule has 0 aliphatic carbocycles. The predicted octanol–water partition coefficient (Wildman–Crippen LogP) is 3.92. The van der Waals surface area contributed by atoms with Gasteiger partial charge in [0.15, 0.2) is 0 Å². The molecule has 0 saturated carbocycles. The van der Waals surface area contributed by atoms with Crippen LogP contribution in [0.4, 0.5) is 0 Å². The van der Waals surface area contributed by atoms with E-state index < -0.39 is 0 Å². The average Bonchev–Trinajstić information content (AvgIpc) is 2.46. The third-order valence-corrected chi connectivity index (χ3v) is 3.31. The number of pyridine rings is 1. The Kier molecular flexibility index (Phi) is 3.09. The van der Waals surface area contributed by atoms with Crippen LogP contribution in [0.15, 0.2) is 42.7 Å². The number of hydrogen-bond donors (Lipinski definition) is 1. The summed E-state index contributed by atoms with van der Waals surface area (Å²) in [5.41, 5.74) is 2.14. The van der Waals surface area contributed by atoms with Gasteiger partial charge in [0.05, 0.1) is 5.69 Å². The molecule has 0 bridgehead atoms. The predicted molar refractivity (Wildman–Crippen MR) is 79.5 cm³/mol. The van der Waals surface area contributed by atoms with E-state index in [2.05, 4.69) is 34.0 Å². The van der Waals surface area contributed by atoms with Crippen LogP contribution in [-0.4, -0.2) is 15.0 Å². The molecule has 3 aromatic rings. The molecule has 0 radical (unpaired) electrons. The molecular weight excluding hydrogens is 254 g/mol. The van der Waals surface area contributed by atoms with E-state index in [1.54, 1.807) is 0 Å².